The van der Waals surface area contributed by atoms with Crippen LogP contribution in [0.3, 0.4) is 0 Å². The van der Waals surface area contributed by atoms with Crippen molar-refractivity contribution in [3.8, 4) is 16.9 Å². The lowest BCUT2D eigenvalue weighted by atomic mass is 10.0. The van der Waals surface area contributed by atoms with Crippen molar-refractivity contribution in [2.24, 2.45) is 0 Å². The van der Waals surface area contributed by atoms with Crippen LogP contribution >= 0.6 is 11.6 Å². The van der Waals surface area contributed by atoms with Gasteiger partial charge < -0.3 is 4.74 Å². The van der Waals surface area contributed by atoms with Crippen LogP contribution in [0, 0.1) is 4.91 Å². The van der Waals surface area contributed by atoms with Gasteiger partial charge in [-0.25, -0.2) is 5.21 Å². The zero-order valence-electron chi connectivity index (χ0n) is 9.63. The van der Waals surface area contributed by atoms with E-state index in [2.05, 4.69) is 0 Å². The molecule has 18 heavy (non-hydrogen) atoms. The van der Waals surface area contributed by atoms with Gasteiger partial charge in [0.15, 0.2) is 0 Å². The van der Waals surface area contributed by atoms with Crippen LogP contribution in [0.5, 0.6) is 5.75 Å². The maximum atomic E-state index is 10.9. The van der Waals surface area contributed by atoms with E-state index in [9.17, 15) is 4.91 Å². The van der Waals surface area contributed by atoms with E-state index in [-0.39, 0.29) is 10.6 Å². The molecule has 2 aromatic rings. The van der Waals surface area contributed by atoms with Crippen LogP contribution < -0.4 is 4.74 Å². The highest BCUT2D eigenvalue weighted by Gasteiger charge is 2.16. The van der Waals surface area contributed by atoms with Gasteiger partial charge in [0, 0.05) is 22.7 Å². The molecular formula is C13H11ClNO3+. The molecule has 92 valence electrons. The van der Waals surface area contributed by atoms with Crippen molar-refractivity contribution < 1.29 is 14.9 Å². The van der Waals surface area contributed by atoms with E-state index in [4.69, 9.17) is 21.5 Å². The second-order valence-corrected chi connectivity index (χ2v) is 4.10. The fraction of sp³-hybridized carbons (Fsp3) is 0.0769. The van der Waals surface area contributed by atoms with Crippen molar-refractivity contribution in [2.75, 3.05) is 7.11 Å². The lowest BCUT2D eigenvalue weighted by Crippen LogP contribution is -1.94. The molecule has 4 nitrogen and oxygen atoms in total. The first-order valence-electron chi connectivity index (χ1n) is 5.22. The van der Waals surface area contributed by atoms with E-state index in [0.717, 1.165) is 5.56 Å². The van der Waals surface area contributed by atoms with Crippen molar-refractivity contribution >= 4 is 17.3 Å². The first kappa shape index (κ1) is 12.4. The SMILES string of the molecule is COc1ccc([N+](=O)O)cc1-c1cccc(Cl)c1. The predicted octanol–water partition coefficient (Wildman–Crippen LogP) is 3.82. The molecule has 5 heteroatoms. The average Bonchev–Trinajstić information content (AvgIpc) is 2.38. The average molecular weight is 265 g/mol. The minimum absolute atomic E-state index is 0.130. The summed E-state index contributed by atoms with van der Waals surface area (Å²) in [7, 11) is 1.54. The van der Waals surface area contributed by atoms with Gasteiger partial charge in [0.2, 0.25) is 0 Å². The van der Waals surface area contributed by atoms with Crippen molar-refractivity contribution in [1.82, 2.24) is 0 Å². The van der Waals surface area contributed by atoms with Gasteiger partial charge >= 0.3 is 5.69 Å². The third-order valence-corrected chi connectivity index (χ3v) is 2.77. The summed E-state index contributed by atoms with van der Waals surface area (Å²) >= 11 is 5.93. The molecule has 0 unspecified atom stereocenters. The first-order chi connectivity index (χ1) is 8.61. The Morgan fingerprint density at radius 3 is 2.61 bits per heavy atom. The monoisotopic (exact) mass is 264 g/mol. The number of ether oxygens (including phenoxy) is 1. The molecule has 0 aliphatic rings. The lowest BCUT2D eigenvalue weighted by Gasteiger charge is -2.07. The van der Waals surface area contributed by atoms with Crippen LogP contribution in [0.25, 0.3) is 11.1 Å². The molecule has 0 saturated carbocycles. The number of hydrogen-bond acceptors (Lipinski definition) is 2. The number of rotatable bonds is 3. The Hall–Kier alpha value is -2.07. The summed E-state index contributed by atoms with van der Waals surface area (Å²) in [5.41, 5.74) is 1.63. The van der Waals surface area contributed by atoms with Crippen LogP contribution in [0.2, 0.25) is 5.02 Å². The zero-order chi connectivity index (χ0) is 13.1. The Balaban J connectivity index is 2.60. The van der Waals surface area contributed by atoms with E-state index in [1.807, 2.05) is 6.07 Å². The number of halogens is 1. The summed E-state index contributed by atoms with van der Waals surface area (Å²) in [5.74, 6) is 0.600. The van der Waals surface area contributed by atoms with Crippen molar-refractivity contribution in [3.63, 3.8) is 0 Å². The maximum Gasteiger partial charge on any atom is 0.317 e. The molecule has 1 N–H and O–H groups in total. The van der Waals surface area contributed by atoms with Gasteiger partial charge in [-0.2, -0.15) is 0 Å². The summed E-state index contributed by atoms with van der Waals surface area (Å²) in [6.07, 6.45) is 0. The Morgan fingerprint density at radius 2 is 2.00 bits per heavy atom. The van der Waals surface area contributed by atoms with Crippen molar-refractivity contribution in [1.29, 1.82) is 0 Å². The molecule has 0 bridgehead atoms. The van der Waals surface area contributed by atoms with E-state index in [1.54, 1.807) is 24.3 Å². The largest absolute Gasteiger partial charge is 0.496 e. The molecule has 0 heterocycles. The minimum Gasteiger partial charge on any atom is -0.496 e. The molecule has 0 aliphatic heterocycles. The highest BCUT2D eigenvalue weighted by Crippen LogP contribution is 2.34. The summed E-state index contributed by atoms with van der Waals surface area (Å²) in [5, 5.41) is 9.51. The Morgan fingerprint density at radius 1 is 1.22 bits per heavy atom. The molecule has 0 aliphatic carbocycles. The highest BCUT2D eigenvalue weighted by atomic mass is 35.5. The van der Waals surface area contributed by atoms with Gasteiger partial charge in [0.05, 0.1) is 12.0 Å². The van der Waals surface area contributed by atoms with Crippen molar-refractivity contribution in [2.45, 2.75) is 0 Å². The van der Waals surface area contributed by atoms with Crippen molar-refractivity contribution in [3.05, 3.63) is 52.4 Å². The Labute approximate surface area is 109 Å². The Kier molecular flexibility index (Phi) is 3.48. The molecule has 0 spiro atoms. The number of hydrogen-bond donors (Lipinski definition) is 1. The fourth-order valence-corrected chi connectivity index (χ4v) is 1.89. The summed E-state index contributed by atoms with van der Waals surface area (Å²) in [6.45, 7) is 0. The molecule has 0 atom stereocenters. The summed E-state index contributed by atoms with van der Waals surface area (Å²) in [4.78, 5) is 10.7. The van der Waals surface area contributed by atoms with Gasteiger partial charge in [0.1, 0.15) is 5.75 Å². The molecular weight excluding hydrogens is 254 g/mol. The second-order valence-electron chi connectivity index (χ2n) is 3.67. The smallest absolute Gasteiger partial charge is 0.317 e. The maximum absolute atomic E-state index is 10.9. The van der Waals surface area contributed by atoms with Crippen LogP contribution in [0.4, 0.5) is 5.69 Å². The van der Waals surface area contributed by atoms with Crippen LogP contribution in [0.15, 0.2) is 42.5 Å². The van der Waals surface area contributed by atoms with E-state index < -0.39 is 0 Å². The lowest BCUT2D eigenvalue weighted by molar-refractivity contribution is -0.729. The van der Waals surface area contributed by atoms with Gasteiger partial charge in [-0.3, -0.25) is 0 Å². The van der Waals surface area contributed by atoms with Crippen LogP contribution in [-0.4, -0.2) is 17.2 Å². The second kappa shape index (κ2) is 5.06. The van der Waals surface area contributed by atoms with Crippen LogP contribution in [-0.2, 0) is 0 Å². The molecule has 0 amide bonds. The molecule has 0 fully saturated rings. The quantitative estimate of drug-likeness (QED) is 0.858. The predicted molar refractivity (Wildman–Crippen MR) is 68.5 cm³/mol. The Bertz CT molecular complexity index is 599. The minimum atomic E-state index is -0.187. The molecule has 0 radical (unpaired) electrons. The van der Waals surface area contributed by atoms with Gasteiger partial charge in [-0.1, -0.05) is 23.7 Å². The summed E-state index contributed by atoms with van der Waals surface area (Å²) < 4.78 is 5.23. The highest BCUT2D eigenvalue weighted by molar-refractivity contribution is 6.30. The molecule has 0 aromatic heterocycles. The third-order valence-electron chi connectivity index (χ3n) is 2.54. The number of benzene rings is 2. The standard InChI is InChI=1S/C13H11ClNO3/c1-18-13-6-5-11(15(16)17)8-12(13)9-3-2-4-10(14)7-9/h2-8H,1H3,(H,16,17)/q+1. The first-order valence-corrected chi connectivity index (χ1v) is 5.59. The topological polar surface area (TPSA) is 49.5 Å². The van der Waals surface area contributed by atoms with E-state index >= 15 is 0 Å². The number of methoxy groups -OCH3 is 1. The molecule has 0 saturated heterocycles. The molecule has 2 rings (SSSR count). The van der Waals surface area contributed by atoms with E-state index in [0.29, 0.717) is 16.3 Å². The zero-order valence-corrected chi connectivity index (χ0v) is 10.4. The molecule has 2 aromatic carbocycles. The third kappa shape index (κ3) is 2.43. The van der Waals surface area contributed by atoms with Gasteiger partial charge in [-0.05, 0) is 23.8 Å². The van der Waals surface area contributed by atoms with Gasteiger partial charge in [-0.15, -0.1) is 0 Å². The van der Waals surface area contributed by atoms with E-state index in [1.165, 1.54) is 19.2 Å². The summed E-state index contributed by atoms with van der Waals surface area (Å²) in [6, 6.07) is 11.8. The number of nitrogens with zero attached hydrogens (tertiary/aromatic N) is 1. The normalized spacial score (nSPS) is 10.1. The fourth-order valence-electron chi connectivity index (χ4n) is 1.70. The van der Waals surface area contributed by atoms with Crippen LogP contribution in [0.1, 0.15) is 0 Å². The van der Waals surface area contributed by atoms with Gasteiger partial charge in [0.25, 0.3) is 4.92 Å².